The van der Waals surface area contributed by atoms with Gasteiger partial charge in [0.2, 0.25) is 0 Å². The number of nitriles is 1. The van der Waals surface area contributed by atoms with Crippen LogP contribution in [0.15, 0.2) is 24.3 Å². The molecule has 0 unspecified atom stereocenters. The molecule has 0 spiro atoms. The molecule has 0 saturated heterocycles. The highest BCUT2D eigenvalue weighted by Gasteiger charge is 2.30. The Morgan fingerprint density at radius 2 is 1.90 bits per heavy atom. The van der Waals surface area contributed by atoms with Crippen LogP contribution in [0, 0.1) is 11.3 Å². The molecule has 3 nitrogen and oxygen atoms in total. The van der Waals surface area contributed by atoms with E-state index < -0.39 is 0 Å². The highest BCUT2D eigenvalue weighted by molar-refractivity contribution is 5.96. The first-order valence-electron chi connectivity index (χ1n) is 7.72. The molecule has 0 atom stereocenters. The van der Waals surface area contributed by atoms with E-state index in [9.17, 15) is 4.79 Å². The lowest BCUT2D eigenvalue weighted by molar-refractivity contribution is 0.0707. The molecule has 3 heteroatoms. The lowest BCUT2D eigenvalue weighted by atomic mass is 9.83. The van der Waals surface area contributed by atoms with Crippen LogP contribution in [0.25, 0.3) is 0 Å². The summed E-state index contributed by atoms with van der Waals surface area (Å²) >= 11 is 0. The van der Waals surface area contributed by atoms with Crippen molar-refractivity contribution in [3.05, 3.63) is 35.4 Å². The Kier molecular flexibility index (Phi) is 4.67. The molecule has 0 aliphatic heterocycles. The summed E-state index contributed by atoms with van der Waals surface area (Å²) in [4.78, 5) is 14.7. The quantitative estimate of drug-likeness (QED) is 0.790. The van der Waals surface area contributed by atoms with Gasteiger partial charge in [-0.1, -0.05) is 51.8 Å². The van der Waals surface area contributed by atoms with E-state index in [0.717, 1.165) is 36.8 Å². The minimum absolute atomic E-state index is 0.00831. The Bertz CT molecular complexity index is 545. The summed E-state index contributed by atoms with van der Waals surface area (Å²) < 4.78 is 0. The Hall–Kier alpha value is -1.82. The third-order valence-electron chi connectivity index (χ3n) is 4.23. The first-order chi connectivity index (χ1) is 9.95. The van der Waals surface area contributed by atoms with Crippen molar-refractivity contribution in [3.63, 3.8) is 0 Å². The molecule has 1 aromatic rings. The van der Waals surface area contributed by atoms with E-state index in [4.69, 9.17) is 5.26 Å². The molecule has 0 N–H and O–H groups in total. The molecule has 1 amide bonds. The summed E-state index contributed by atoms with van der Waals surface area (Å²) in [5.74, 6) is 0.00831. The van der Waals surface area contributed by atoms with Crippen molar-refractivity contribution in [3.8, 4) is 6.07 Å². The molecule has 0 aromatic heterocycles. The van der Waals surface area contributed by atoms with Gasteiger partial charge in [0.05, 0.1) is 6.07 Å². The van der Waals surface area contributed by atoms with E-state index in [-0.39, 0.29) is 23.9 Å². The second kappa shape index (κ2) is 6.30. The monoisotopic (exact) mass is 284 g/mol. The predicted octanol–water partition coefficient (Wildman–Crippen LogP) is 3.89. The van der Waals surface area contributed by atoms with Gasteiger partial charge in [0.15, 0.2) is 0 Å². The van der Waals surface area contributed by atoms with Crippen LogP contribution in [0.4, 0.5) is 0 Å². The number of rotatable bonds is 3. The lowest BCUT2D eigenvalue weighted by Gasteiger charge is -2.29. The van der Waals surface area contributed by atoms with Crippen molar-refractivity contribution in [1.82, 2.24) is 4.90 Å². The summed E-state index contributed by atoms with van der Waals surface area (Å²) in [6.07, 6.45) is 4.35. The van der Waals surface area contributed by atoms with Crippen molar-refractivity contribution in [2.75, 3.05) is 6.54 Å². The van der Waals surface area contributed by atoms with E-state index >= 15 is 0 Å². The van der Waals surface area contributed by atoms with Crippen LogP contribution in [0.2, 0.25) is 0 Å². The van der Waals surface area contributed by atoms with E-state index in [0.29, 0.717) is 0 Å². The minimum atomic E-state index is -0.0831. The number of nitrogens with zero attached hydrogens (tertiary/aromatic N) is 2. The van der Waals surface area contributed by atoms with Gasteiger partial charge >= 0.3 is 0 Å². The van der Waals surface area contributed by atoms with Gasteiger partial charge in [-0.05, 0) is 29.9 Å². The molecule has 0 heterocycles. The molecule has 1 saturated carbocycles. The fourth-order valence-electron chi connectivity index (χ4n) is 3.14. The maximum absolute atomic E-state index is 13.0. The Morgan fingerprint density at radius 1 is 1.29 bits per heavy atom. The highest BCUT2D eigenvalue weighted by atomic mass is 16.2. The van der Waals surface area contributed by atoms with Crippen LogP contribution in [-0.4, -0.2) is 23.4 Å². The normalized spacial score (nSPS) is 15.7. The number of carbonyl (C=O) groups excluding carboxylic acids is 1. The molecule has 2 rings (SSSR count). The smallest absolute Gasteiger partial charge is 0.255 e. The second-order valence-corrected chi connectivity index (χ2v) is 6.83. The zero-order valence-corrected chi connectivity index (χ0v) is 13.2. The summed E-state index contributed by atoms with van der Waals surface area (Å²) in [5.41, 5.74) is 1.71. The van der Waals surface area contributed by atoms with Gasteiger partial charge in [-0.15, -0.1) is 0 Å². The summed E-state index contributed by atoms with van der Waals surface area (Å²) in [6.45, 7) is 6.53. The number of hydrogen-bond donors (Lipinski definition) is 0. The molecule has 1 aliphatic carbocycles. The topological polar surface area (TPSA) is 44.1 Å². The van der Waals surface area contributed by atoms with Crippen LogP contribution in [0.3, 0.4) is 0 Å². The van der Waals surface area contributed by atoms with Crippen LogP contribution in [-0.2, 0) is 5.41 Å². The van der Waals surface area contributed by atoms with Crippen LogP contribution >= 0.6 is 0 Å². The minimum Gasteiger partial charge on any atom is -0.322 e. The maximum Gasteiger partial charge on any atom is 0.255 e. The van der Waals surface area contributed by atoms with Gasteiger partial charge in [0.25, 0.3) is 5.91 Å². The number of carbonyl (C=O) groups is 1. The molecule has 112 valence electrons. The number of hydrogen-bond acceptors (Lipinski definition) is 2. The van der Waals surface area contributed by atoms with E-state index in [2.05, 4.69) is 26.8 Å². The largest absolute Gasteiger partial charge is 0.322 e. The molecular formula is C18H24N2O. The van der Waals surface area contributed by atoms with Crippen LogP contribution < -0.4 is 0 Å². The third kappa shape index (κ3) is 3.44. The van der Waals surface area contributed by atoms with E-state index in [1.54, 1.807) is 4.90 Å². The predicted molar refractivity (Wildman–Crippen MR) is 84.0 cm³/mol. The fourth-order valence-corrected chi connectivity index (χ4v) is 3.14. The third-order valence-corrected chi connectivity index (χ3v) is 4.23. The Labute approximate surface area is 127 Å². The summed E-state index contributed by atoms with van der Waals surface area (Å²) in [6, 6.07) is 10.2. The van der Waals surface area contributed by atoms with E-state index in [1.165, 1.54) is 0 Å². The average molecular weight is 284 g/mol. The van der Waals surface area contributed by atoms with Crippen molar-refractivity contribution in [2.45, 2.75) is 57.9 Å². The van der Waals surface area contributed by atoms with Gasteiger partial charge in [0.1, 0.15) is 6.54 Å². The Balaban J connectivity index is 2.35. The zero-order valence-electron chi connectivity index (χ0n) is 13.2. The van der Waals surface area contributed by atoms with Crippen molar-refractivity contribution < 1.29 is 4.79 Å². The maximum atomic E-state index is 13.0. The first-order valence-corrected chi connectivity index (χ1v) is 7.72. The molecule has 1 aromatic carbocycles. The van der Waals surface area contributed by atoms with Crippen molar-refractivity contribution in [2.24, 2.45) is 0 Å². The molecule has 0 bridgehead atoms. The lowest BCUT2D eigenvalue weighted by Crippen LogP contribution is -2.40. The summed E-state index contributed by atoms with van der Waals surface area (Å²) in [5, 5.41) is 9.08. The van der Waals surface area contributed by atoms with Crippen LogP contribution in [0.5, 0.6) is 0 Å². The van der Waals surface area contributed by atoms with Gasteiger partial charge in [-0.3, -0.25) is 4.79 Å². The molecule has 0 radical (unpaired) electrons. The highest BCUT2D eigenvalue weighted by Crippen LogP contribution is 2.29. The fraction of sp³-hybridized carbons (Fsp3) is 0.556. The zero-order chi connectivity index (χ0) is 15.5. The van der Waals surface area contributed by atoms with Gasteiger partial charge in [0, 0.05) is 11.6 Å². The number of benzene rings is 1. The average Bonchev–Trinajstić information content (AvgIpc) is 2.97. The molecule has 1 aliphatic rings. The van der Waals surface area contributed by atoms with Crippen molar-refractivity contribution >= 4 is 5.91 Å². The second-order valence-electron chi connectivity index (χ2n) is 6.83. The van der Waals surface area contributed by atoms with Gasteiger partial charge in [-0.25, -0.2) is 0 Å². The standard InChI is InChI=1S/C18H24N2O/c1-18(2,3)16-11-7-6-10-15(16)17(21)20(13-12-19)14-8-4-5-9-14/h6-7,10-11,14H,4-5,8-9,13H2,1-3H3. The Morgan fingerprint density at radius 3 is 2.48 bits per heavy atom. The van der Waals surface area contributed by atoms with Gasteiger partial charge in [-0.2, -0.15) is 5.26 Å². The van der Waals surface area contributed by atoms with Crippen molar-refractivity contribution in [1.29, 1.82) is 5.26 Å². The molecule has 1 fully saturated rings. The number of amides is 1. The first kappa shape index (κ1) is 15.6. The van der Waals surface area contributed by atoms with Gasteiger partial charge < -0.3 is 4.90 Å². The van der Waals surface area contributed by atoms with E-state index in [1.807, 2.05) is 24.3 Å². The SMILES string of the molecule is CC(C)(C)c1ccccc1C(=O)N(CC#N)C1CCCC1. The molecule has 21 heavy (non-hydrogen) atoms. The van der Waals surface area contributed by atoms with Crippen LogP contribution in [0.1, 0.15) is 62.4 Å². The summed E-state index contributed by atoms with van der Waals surface area (Å²) in [7, 11) is 0. The molecular weight excluding hydrogens is 260 g/mol.